The normalized spacial score (nSPS) is 10.9. The smallest absolute Gasteiger partial charge is 0.123 e. The van der Waals surface area contributed by atoms with Gasteiger partial charge in [0.1, 0.15) is 11.6 Å². The molecule has 1 nitrogen and oxygen atoms in total. The first-order valence-corrected chi connectivity index (χ1v) is 5.88. The van der Waals surface area contributed by atoms with Gasteiger partial charge in [-0.3, -0.25) is 0 Å². The first-order valence-electron chi connectivity index (χ1n) is 5.88. The van der Waals surface area contributed by atoms with Crippen molar-refractivity contribution in [2.24, 2.45) is 5.73 Å². The van der Waals surface area contributed by atoms with Gasteiger partial charge in [-0.25, -0.2) is 8.78 Å². The molecule has 2 aromatic rings. The highest BCUT2D eigenvalue weighted by atomic mass is 19.1. The van der Waals surface area contributed by atoms with Crippen molar-refractivity contribution in [3.8, 4) is 0 Å². The fourth-order valence-corrected chi connectivity index (χ4v) is 1.92. The summed E-state index contributed by atoms with van der Waals surface area (Å²) >= 11 is 0. The summed E-state index contributed by atoms with van der Waals surface area (Å²) < 4.78 is 25.5. The van der Waals surface area contributed by atoms with E-state index in [1.54, 1.807) is 24.3 Å². The van der Waals surface area contributed by atoms with Gasteiger partial charge in [-0.2, -0.15) is 0 Å². The number of halogens is 2. The van der Waals surface area contributed by atoms with Crippen LogP contribution in [0.4, 0.5) is 8.78 Å². The van der Waals surface area contributed by atoms with Gasteiger partial charge in [-0.05, 0) is 48.2 Å². The van der Waals surface area contributed by atoms with E-state index in [2.05, 4.69) is 0 Å². The van der Waals surface area contributed by atoms with Crippen LogP contribution in [0.25, 0.3) is 0 Å². The van der Waals surface area contributed by atoms with Crippen LogP contribution in [-0.4, -0.2) is 6.04 Å². The summed E-state index contributed by atoms with van der Waals surface area (Å²) in [6.45, 7) is 0. The van der Waals surface area contributed by atoms with E-state index in [1.807, 2.05) is 0 Å². The number of benzene rings is 2. The molecule has 0 radical (unpaired) electrons. The van der Waals surface area contributed by atoms with Crippen molar-refractivity contribution < 1.29 is 8.78 Å². The third kappa shape index (κ3) is 3.64. The highest BCUT2D eigenvalue weighted by Gasteiger charge is 2.06. The van der Waals surface area contributed by atoms with E-state index in [1.165, 1.54) is 24.3 Å². The van der Waals surface area contributed by atoms with Gasteiger partial charge in [0.05, 0.1) is 0 Å². The molecule has 0 aromatic heterocycles. The molecule has 0 aliphatic carbocycles. The van der Waals surface area contributed by atoms with Crippen molar-refractivity contribution in [3.63, 3.8) is 0 Å². The molecule has 0 amide bonds. The highest BCUT2D eigenvalue weighted by Crippen LogP contribution is 2.09. The molecule has 0 unspecified atom stereocenters. The lowest BCUT2D eigenvalue weighted by atomic mass is 10.00. The van der Waals surface area contributed by atoms with Gasteiger partial charge in [-0.1, -0.05) is 24.3 Å². The SMILES string of the molecule is NC(Cc1ccc(F)cc1)Cc1ccc(F)cc1. The van der Waals surface area contributed by atoms with Crippen LogP contribution in [-0.2, 0) is 12.8 Å². The molecule has 0 saturated carbocycles. The molecule has 18 heavy (non-hydrogen) atoms. The average Bonchev–Trinajstić information content (AvgIpc) is 2.35. The van der Waals surface area contributed by atoms with Crippen LogP contribution in [0.2, 0.25) is 0 Å². The first kappa shape index (κ1) is 12.7. The molecule has 3 heteroatoms. The average molecular weight is 247 g/mol. The second kappa shape index (κ2) is 5.74. The fourth-order valence-electron chi connectivity index (χ4n) is 1.92. The molecule has 94 valence electrons. The Hall–Kier alpha value is -1.74. The van der Waals surface area contributed by atoms with E-state index in [-0.39, 0.29) is 17.7 Å². The van der Waals surface area contributed by atoms with Gasteiger partial charge >= 0.3 is 0 Å². The highest BCUT2D eigenvalue weighted by molar-refractivity contribution is 5.20. The second-order valence-electron chi connectivity index (χ2n) is 4.42. The summed E-state index contributed by atoms with van der Waals surface area (Å²) in [6, 6.07) is 12.6. The Bertz CT molecular complexity index is 443. The first-order chi connectivity index (χ1) is 8.63. The van der Waals surface area contributed by atoms with Gasteiger partial charge in [0.15, 0.2) is 0 Å². The number of hydrogen-bond acceptors (Lipinski definition) is 1. The Morgan fingerprint density at radius 1 is 0.722 bits per heavy atom. The zero-order valence-electron chi connectivity index (χ0n) is 9.94. The molecule has 0 aliphatic heterocycles. The van der Waals surface area contributed by atoms with Crippen molar-refractivity contribution in [1.82, 2.24) is 0 Å². The lowest BCUT2D eigenvalue weighted by Crippen LogP contribution is -2.25. The van der Waals surface area contributed by atoms with Gasteiger partial charge in [0.2, 0.25) is 0 Å². The Morgan fingerprint density at radius 3 is 1.39 bits per heavy atom. The zero-order chi connectivity index (χ0) is 13.0. The number of hydrogen-bond donors (Lipinski definition) is 1. The molecule has 2 N–H and O–H groups in total. The maximum atomic E-state index is 12.7. The molecule has 2 aromatic carbocycles. The van der Waals surface area contributed by atoms with Gasteiger partial charge in [-0.15, -0.1) is 0 Å². The van der Waals surface area contributed by atoms with E-state index < -0.39 is 0 Å². The number of rotatable bonds is 4. The summed E-state index contributed by atoms with van der Waals surface area (Å²) in [6.07, 6.45) is 1.36. The maximum Gasteiger partial charge on any atom is 0.123 e. The fraction of sp³-hybridized carbons (Fsp3) is 0.200. The summed E-state index contributed by atoms with van der Waals surface area (Å²) in [5.41, 5.74) is 8.04. The molecule has 0 aliphatic rings. The molecule has 0 bridgehead atoms. The molecule has 0 heterocycles. The minimum atomic E-state index is -0.245. The minimum Gasteiger partial charge on any atom is -0.327 e. The topological polar surface area (TPSA) is 26.0 Å². The summed E-state index contributed by atoms with van der Waals surface area (Å²) in [5, 5.41) is 0. The Morgan fingerprint density at radius 2 is 1.06 bits per heavy atom. The Balaban J connectivity index is 1.94. The summed E-state index contributed by atoms with van der Waals surface area (Å²) in [7, 11) is 0. The van der Waals surface area contributed by atoms with Crippen LogP contribution in [0.5, 0.6) is 0 Å². The van der Waals surface area contributed by atoms with Gasteiger partial charge in [0, 0.05) is 6.04 Å². The molecular weight excluding hydrogens is 232 g/mol. The monoisotopic (exact) mass is 247 g/mol. The zero-order valence-corrected chi connectivity index (χ0v) is 9.94. The third-order valence-electron chi connectivity index (χ3n) is 2.82. The molecule has 0 atom stereocenters. The molecule has 0 spiro atoms. The van der Waals surface area contributed by atoms with Crippen molar-refractivity contribution >= 4 is 0 Å². The molecular formula is C15H15F2N. The number of nitrogens with two attached hydrogens (primary N) is 1. The molecule has 0 fully saturated rings. The molecule has 2 rings (SSSR count). The summed E-state index contributed by atoms with van der Waals surface area (Å²) in [5.74, 6) is -0.489. The quantitative estimate of drug-likeness (QED) is 0.882. The van der Waals surface area contributed by atoms with Crippen LogP contribution in [0, 0.1) is 11.6 Å². The van der Waals surface area contributed by atoms with E-state index in [0.29, 0.717) is 12.8 Å². The lowest BCUT2D eigenvalue weighted by Gasteiger charge is -2.11. The van der Waals surface area contributed by atoms with Crippen molar-refractivity contribution in [2.75, 3.05) is 0 Å². The van der Waals surface area contributed by atoms with Gasteiger partial charge < -0.3 is 5.73 Å². The third-order valence-corrected chi connectivity index (χ3v) is 2.82. The largest absolute Gasteiger partial charge is 0.327 e. The summed E-state index contributed by atoms with van der Waals surface area (Å²) in [4.78, 5) is 0. The van der Waals surface area contributed by atoms with Crippen molar-refractivity contribution in [1.29, 1.82) is 0 Å². The van der Waals surface area contributed by atoms with E-state index >= 15 is 0 Å². The van der Waals surface area contributed by atoms with Crippen LogP contribution in [0.15, 0.2) is 48.5 Å². The Kier molecular flexibility index (Phi) is 4.05. The maximum absolute atomic E-state index is 12.7. The predicted octanol–water partition coefficient (Wildman–Crippen LogP) is 3.08. The van der Waals surface area contributed by atoms with Crippen molar-refractivity contribution in [3.05, 3.63) is 71.3 Å². The standard InChI is InChI=1S/C15H15F2N/c16-13-5-1-11(2-6-13)9-15(18)10-12-3-7-14(17)8-4-12/h1-8,15H,9-10,18H2. The molecule has 0 saturated heterocycles. The van der Waals surface area contributed by atoms with E-state index in [4.69, 9.17) is 5.73 Å². The van der Waals surface area contributed by atoms with Crippen LogP contribution in [0.1, 0.15) is 11.1 Å². The Labute approximate surface area is 105 Å². The van der Waals surface area contributed by atoms with Gasteiger partial charge in [0.25, 0.3) is 0 Å². The van der Waals surface area contributed by atoms with E-state index in [0.717, 1.165) is 11.1 Å². The second-order valence-corrected chi connectivity index (χ2v) is 4.42. The lowest BCUT2D eigenvalue weighted by molar-refractivity contribution is 0.620. The van der Waals surface area contributed by atoms with Crippen LogP contribution in [0.3, 0.4) is 0 Å². The predicted molar refractivity (Wildman–Crippen MR) is 68.2 cm³/mol. The van der Waals surface area contributed by atoms with Crippen LogP contribution < -0.4 is 5.73 Å². The minimum absolute atomic E-state index is 0.0547. The van der Waals surface area contributed by atoms with E-state index in [9.17, 15) is 8.78 Å². The van der Waals surface area contributed by atoms with Crippen molar-refractivity contribution in [2.45, 2.75) is 18.9 Å². The van der Waals surface area contributed by atoms with Crippen LogP contribution >= 0.6 is 0 Å².